The summed E-state index contributed by atoms with van der Waals surface area (Å²) in [7, 11) is -1.25. The molecule has 0 bridgehead atoms. The highest BCUT2D eigenvalue weighted by molar-refractivity contribution is 9.09. The van der Waals surface area contributed by atoms with Crippen LogP contribution in [-0.2, 0) is 14.6 Å². The number of amides is 1. The zero-order valence-electron chi connectivity index (χ0n) is 8.07. The third kappa shape index (κ3) is 2.95. The molecule has 0 aromatic heterocycles. The van der Waals surface area contributed by atoms with Crippen molar-refractivity contribution < 1.29 is 13.2 Å². The predicted octanol–water partition coefficient (Wildman–Crippen LogP) is 0.274. The number of hydrogen-bond donors (Lipinski definition) is 0. The molecule has 1 aliphatic heterocycles. The Morgan fingerprint density at radius 3 is 2.64 bits per heavy atom. The van der Waals surface area contributed by atoms with Gasteiger partial charge in [0.05, 0.1) is 17.4 Å². The molecule has 4 nitrogen and oxygen atoms in total. The maximum absolute atomic E-state index is 11.7. The highest BCUT2D eigenvalue weighted by atomic mass is 79.9. The first-order chi connectivity index (χ1) is 6.46. The van der Waals surface area contributed by atoms with Gasteiger partial charge in [-0.25, -0.2) is 8.42 Å². The first kappa shape index (κ1) is 12.0. The highest BCUT2D eigenvalue weighted by Crippen LogP contribution is 2.20. The minimum Gasteiger partial charge on any atom is -0.345 e. The zero-order chi connectivity index (χ0) is 10.8. The van der Waals surface area contributed by atoms with Gasteiger partial charge in [-0.1, -0.05) is 15.9 Å². The van der Waals surface area contributed by atoms with Gasteiger partial charge in [-0.2, -0.15) is 0 Å². The number of nitrogens with zero attached hydrogens (tertiary/aromatic N) is 1. The summed E-state index contributed by atoms with van der Waals surface area (Å²) in [6.07, 6.45) is 0.480. The summed E-state index contributed by atoms with van der Waals surface area (Å²) in [6, 6.07) is 0. The van der Waals surface area contributed by atoms with Crippen molar-refractivity contribution >= 4 is 31.7 Å². The topological polar surface area (TPSA) is 54.5 Å². The van der Waals surface area contributed by atoms with Crippen LogP contribution in [0.15, 0.2) is 0 Å². The van der Waals surface area contributed by atoms with E-state index in [4.69, 9.17) is 0 Å². The van der Waals surface area contributed by atoms with Gasteiger partial charge in [-0.3, -0.25) is 4.79 Å². The molecule has 1 amide bonds. The largest absolute Gasteiger partial charge is 0.345 e. The second kappa shape index (κ2) is 4.61. The van der Waals surface area contributed by atoms with Crippen molar-refractivity contribution in [3.63, 3.8) is 0 Å². The van der Waals surface area contributed by atoms with Crippen LogP contribution in [0.2, 0.25) is 0 Å². The Bertz CT molecular complexity index is 315. The lowest BCUT2D eigenvalue weighted by Crippen LogP contribution is -2.34. The van der Waals surface area contributed by atoms with E-state index in [1.807, 2.05) is 0 Å². The quantitative estimate of drug-likeness (QED) is 0.699. The van der Waals surface area contributed by atoms with Crippen molar-refractivity contribution in [1.29, 1.82) is 0 Å². The van der Waals surface area contributed by atoms with Crippen molar-refractivity contribution in [1.82, 2.24) is 4.90 Å². The Morgan fingerprint density at radius 1 is 1.57 bits per heavy atom. The first-order valence-corrected chi connectivity index (χ1v) is 7.42. The summed E-state index contributed by atoms with van der Waals surface area (Å²) in [6.45, 7) is 0.620. The van der Waals surface area contributed by atoms with Crippen LogP contribution < -0.4 is 0 Å². The summed E-state index contributed by atoms with van der Waals surface area (Å²) < 4.78 is 22.3. The number of hydrogen-bond acceptors (Lipinski definition) is 3. The third-order valence-electron chi connectivity index (χ3n) is 2.38. The van der Waals surface area contributed by atoms with Crippen LogP contribution in [0, 0.1) is 5.92 Å². The van der Waals surface area contributed by atoms with Crippen LogP contribution in [0.1, 0.15) is 6.42 Å². The molecule has 1 rings (SSSR count). The van der Waals surface area contributed by atoms with Crippen molar-refractivity contribution in [3.05, 3.63) is 0 Å². The van der Waals surface area contributed by atoms with Gasteiger partial charge in [-0.05, 0) is 6.42 Å². The summed E-state index contributed by atoms with van der Waals surface area (Å²) in [5.74, 6) is -0.182. The van der Waals surface area contributed by atoms with E-state index in [1.165, 1.54) is 0 Å². The van der Waals surface area contributed by atoms with E-state index >= 15 is 0 Å². The summed E-state index contributed by atoms with van der Waals surface area (Å²) in [4.78, 5) is 13.2. The molecule has 0 aromatic carbocycles. The van der Waals surface area contributed by atoms with Crippen LogP contribution >= 0.6 is 15.9 Å². The number of sulfone groups is 1. The molecule has 82 valence electrons. The lowest BCUT2D eigenvalue weighted by molar-refractivity contribution is -0.133. The maximum atomic E-state index is 11.7. The molecule has 0 N–H and O–H groups in total. The fourth-order valence-electron chi connectivity index (χ4n) is 1.54. The smallest absolute Gasteiger partial charge is 0.226 e. The number of halogens is 1. The van der Waals surface area contributed by atoms with Crippen LogP contribution in [0.25, 0.3) is 0 Å². The standard InChI is InChI=1S/C8H14BrNO3S/c1-10(4-3-9)8(11)7-2-5-14(12,13)6-7/h7H,2-6H2,1H3. The molecule has 1 heterocycles. The van der Waals surface area contributed by atoms with E-state index in [1.54, 1.807) is 11.9 Å². The zero-order valence-corrected chi connectivity index (χ0v) is 10.5. The van der Waals surface area contributed by atoms with Gasteiger partial charge < -0.3 is 4.90 Å². The number of carbonyl (C=O) groups is 1. The summed E-state index contributed by atoms with van der Waals surface area (Å²) in [5, 5.41) is 0.717. The Kier molecular flexibility index (Phi) is 3.94. The van der Waals surface area contributed by atoms with Gasteiger partial charge in [-0.15, -0.1) is 0 Å². The lowest BCUT2D eigenvalue weighted by atomic mass is 10.1. The van der Waals surface area contributed by atoms with Gasteiger partial charge in [0.25, 0.3) is 0 Å². The van der Waals surface area contributed by atoms with Crippen LogP contribution in [0.5, 0.6) is 0 Å². The Morgan fingerprint density at radius 2 is 2.21 bits per heavy atom. The van der Waals surface area contributed by atoms with E-state index in [0.29, 0.717) is 18.3 Å². The highest BCUT2D eigenvalue weighted by Gasteiger charge is 2.34. The molecular formula is C8H14BrNO3S. The van der Waals surface area contributed by atoms with E-state index in [9.17, 15) is 13.2 Å². The normalized spacial score (nSPS) is 24.9. The average Bonchev–Trinajstić information content (AvgIpc) is 2.45. The molecule has 1 aliphatic rings. The maximum Gasteiger partial charge on any atom is 0.226 e. The molecule has 0 saturated carbocycles. The number of carbonyl (C=O) groups excluding carboxylic acids is 1. The minimum atomic E-state index is -2.95. The average molecular weight is 284 g/mol. The van der Waals surface area contributed by atoms with E-state index in [2.05, 4.69) is 15.9 Å². The monoisotopic (exact) mass is 283 g/mol. The molecular weight excluding hydrogens is 270 g/mol. The molecule has 6 heteroatoms. The second-order valence-corrected chi connectivity index (χ2v) is 6.57. The molecule has 1 unspecified atom stereocenters. The molecule has 1 saturated heterocycles. The van der Waals surface area contributed by atoms with Gasteiger partial charge in [0, 0.05) is 18.9 Å². The molecule has 0 aliphatic carbocycles. The van der Waals surface area contributed by atoms with E-state index in [-0.39, 0.29) is 23.3 Å². The molecule has 1 fully saturated rings. The van der Waals surface area contributed by atoms with Crippen LogP contribution in [-0.4, -0.2) is 49.7 Å². The van der Waals surface area contributed by atoms with Crippen LogP contribution in [0.4, 0.5) is 0 Å². The fraction of sp³-hybridized carbons (Fsp3) is 0.875. The van der Waals surface area contributed by atoms with E-state index in [0.717, 1.165) is 0 Å². The molecule has 0 radical (unpaired) electrons. The predicted molar refractivity (Wildman–Crippen MR) is 58.2 cm³/mol. The third-order valence-corrected chi connectivity index (χ3v) is 4.50. The Labute approximate surface area is 92.7 Å². The summed E-state index contributed by atoms with van der Waals surface area (Å²) in [5.41, 5.74) is 0. The van der Waals surface area contributed by atoms with Crippen molar-refractivity contribution in [2.24, 2.45) is 5.92 Å². The number of alkyl halides is 1. The van der Waals surface area contributed by atoms with Crippen molar-refractivity contribution in [2.75, 3.05) is 30.4 Å². The van der Waals surface area contributed by atoms with Gasteiger partial charge in [0.15, 0.2) is 9.84 Å². The molecule has 0 spiro atoms. The van der Waals surface area contributed by atoms with E-state index < -0.39 is 9.84 Å². The van der Waals surface area contributed by atoms with Crippen molar-refractivity contribution in [2.45, 2.75) is 6.42 Å². The van der Waals surface area contributed by atoms with Gasteiger partial charge >= 0.3 is 0 Å². The number of rotatable bonds is 3. The minimum absolute atomic E-state index is 0.0262. The first-order valence-electron chi connectivity index (χ1n) is 4.47. The Balaban J connectivity index is 2.55. The lowest BCUT2D eigenvalue weighted by Gasteiger charge is -2.18. The van der Waals surface area contributed by atoms with Crippen LogP contribution in [0.3, 0.4) is 0 Å². The molecule has 0 aromatic rings. The molecule has 1 atom stereocenters. The molecule has 14 heavy (non-hydrogen) atoms. The van der Waals surface area contributed by atoms with Crippen molar-refractivity contribution in [3.8, 4) is 0 Å². The second-order valence-electron chi connectivity index (χ2n) is 3.55. The summed E-state index contributed by atoms with van der Waals surface area (Å²) >= 11 is 3.24. The van der Waals surface area contributed by atoms with Gasteiger partial charge in [0.2, 0.25) is 5.91 Å². The van der Waals surface area contributed by atoms with Gasteiger partial charge in [0.1, 0.15) is 0 Å². The fourth-order valence-corrected chi connectivity index (χ4v) is 3.80. The Hall–Kier alpha value is -0.100. The SMILES string of the molecule is CN(CCBr)C(=O)C1CCS(=O)(=O)C1.